The minimum absolute atomic E-state index is 0. The Morgan fingerprint density at radius 2 is 1.87 bits per heavy atom. The lowest BCUT2D eigenvalue weighted by Gasteiger charge is -2.09. The van der Waals surface area contributed by atoms with Crippen molar-refractivity contribution in [2.24, 2.45) is 5.73 Å². The van der Waals surface area contributed by atoms with Crippen molar-refractivity contribution in [3.05, 3.63) is 35.8 Å². The van der Waals surface area contributed by atoms with Crippen molar-refractivity contribution in [1.29, 1.82) is 0 Å². The first-order valence-corrected chi connectivity index (χ1v) is 9.82. The number of carbonyl (C=O) groups is 2. The number of primary amides is 1. The van der Waals surface area contributed by atoms with Gasteiger partial charge in [-0.05, 0) is 26.5 Å². The molecule has 1 aromatic carbocycles. The lowest BCUT2D eigenvalue weighted by Crippen LogP contribution is -2.16. The Morgan fingerprint density at radius 3 is 2.43 bits per heavy atom. The van der Waals surface area contributed by atoms with E-state index in [1.807, 2.05) is 31.2 Å². The quantitative estimate of drug-likeness (QED) is 0.305. The van der Waals surface area contributed by atoms with E-state index in [0.717, 1.165) is 35.2 Å². The van der Waals surface area contributed by atoms with Gasteiger partial charge in [-0.1, -0.05) is 44.4 Å². The van der Waals surface area contributed by atoms with Crippen LogP contribution in [0.15, 0.2) is 24.3 Å². The molecule has 0 unspecified atom stereocenters. The second-order valence-electron chi connectivity index (χ2n) is 6.83. The minimum Gasteiger partial charge on any atom is -0.480 e. The highest BCUT2D eigenvalue weighted by molar-refractivity contribution is 14.0. The SMILES string of the molecule is CCCCCCn1c(C)nc2c(C(N)=O)nc3ccccc3c21.CNCC(=O)O.I. The number of nitrogens with one attached hydrogen (secondary N) is 1. The summed E-state index contributed by atoms with van der Waals surface area (Å²) in [5, 5.41) is 11.3. The van der Waals surface area contributed by atoms with Gasteiger partial charge in [0.1, 0.15) is 11.3 Å². The van der Waals surface area contributed by atoms with Crippen molar-refractivity contribution in [3.63, 3.8) is 0 Å². The highest BCUT2D eigenvalue weighted by Crippen LogP contribution is 2.27. The Balaban J connectivity index is 0.000000567. The average Bonchev–Trinajstić information content (AvgIpc) is 3.01. The Kier molecular flexibility index (Phi) is 10.7. The summed E-state index contributed by atoms with van der Waals surface area (Å²) in [5.74, 6) is -0.453. The summed E-state index contributed by atoms with van der Waals surface area (Å²) < 4.78 is 2.20. The molecular formula is C21H30IN5O3. The summed E-state index contributed by atoms with van der Waals surface area (Å²) in [6, 6.07) is 7.84. The van der Waals surface area contributed by atoms with Crippen LogP contribution in [0.1, 0.15) is 48.9 Å². The number of nitrogens with zero attached hydrogens (tertiary/aromatic N) is 3. The number of fused-ring (bicyclic) bond motifs is 3. The monoisotopic (exact) mass is 527 g/mol. The van der Waals surface area contributed by atoms with Crippen molar-refractivity contribution in [1.82, 2.24) is 19.9 Å². The maximum atomic E-state index is 11.8. The second kappa shape index (κ2) is 12.4. The molecular weight excluding hydrogens is 497 g/mol. The molecule has 4 N–H and O–H groups in total. The standard InChI is InChI=1S/C18H22N4O.C3H7NO2.HI/c1-3-4-5-8-11-22-12(2)20-15-16(18(19)23)21-14-10-7-6-9-13(14)17(15)22;1-4-2-3(5)6;/h6-7,9-10H,3-5,8,11H2,1-2H3,(H2,19,23);4H,2H2,1H3,(H,5,6);1H. The van der Waals surface area contributed by atoms with E-state index in [9.17, 15) is 9.59 Å². The summed E-state index contributed by atoms with van der Waals surface area (Å²) in [6.07, 6.45) is 4.74. The number of aryl methyl sites for hydroxylation is 2. The fourth-order valence-electron chi connectivity index (χ4n) is 3.24. The van der Waals surface area contributed by atoms with Crippen LogP contribution < -0.4 is 11.1 Å². The number of carboxylic acids is 1. The van der Waals surface area contributed by atoms with Gasteiger partial charge in [-0.25, -0.2) is 9.97 Å². The van der Waals surface area contributed by atoms with E-state index in [4.69, 9.17) is 10.8 Å². The first-order chi connectivity index (χ1) is 13.9. The van der Waals surface area contributed by atoms with E-state index in [1.54, 1.807) is 7.05 Å². The molecule has 3 rings (SSSR count). The molecule has 2 heterocycles. The average molecular weight is 527 g/mol. The zero-order valence-electron chi connectivity index (χ0n) is 17.6. The molecule has 0 aliphatic carbocycles. The fraction of sp³-hybridized carbons (Fsp3) is 0.429. The van der Waals surface area contributed by atoms with E-state index < -0.39 is 11.9 Å². The van der Waals surface area contributed by atoms with Crippen molar-refractivity contribution >= 4 is 57.8 Å². The number of para-hydroxylation sites is 1. The van der Waals surface area contributed by atoms with Gasteiger partial charge in [-0.2, -0.15) is 0 Å². The number of benzene rings is 1. The number of amides is 1. The van der Waals surface area contributed by atoms with Gasteiger partial charge in [0.2, 0.25) is 0 Å². The lowest BCUT2D eigenvalue weighted by molar-refractivity contribution is -0.135. The van der Waals surface area contributed by atoms with Gasteiger partial charge >= 0.3 is 5.97 Å². The number of pyridine rings is 1. The van der Waals surface area contributed by atoms with E-state index >= 15 is 0 Å². The number of aliphatic carboxylic acids is 1. The van der Waals surface area contributed by atoms with Crippen molar-refractivity contribution in [3.8, 4) is 0 Å². The number of hydrogen-bond acceptors (Lipinski definition) is 5. The van der Waals surface area contributed by atoms with E-state index in [-0.39, 0.29) is 36.2 Å². The summed E-state index contributed by atoms with van der Waals surface area (Å²) in [6.45, 7) is 5.12. The molecule has 0 aliphatic rings. The first-order valence-electron chi connectivity index (χ1n) is 9.82. The van der Waals surface area contributed by atoms with Crippen LogP contribution in [0.4, 0.5) is 0 Å². The highest BCUT2D eigenvalue weighted by Gasteiger charge is 2.18. The van der Waals surface area contributed by atoms with Crippen LogP contribution in [-0.4, -0.2) is 45.1 Å². The predicted molar refractivity (Wildman–Crippen MR) is 129 cm³/mol. The number of hydrogen-bond donors (Lipinski definition) is 3. The molecule has 0 saturated carbocycles. The molecule has 0 atom stereocenters. The number of aromatic nitrogens is 3. The Hall–Kier alpha value is -2.27. The number of halogens is 1. The van der Waals surface area contributed by atoms with Crippen LogP contribution in [-0.2, 0) is 11.3 Å². The summed E-state index contributed by atoms with van der Waals surface area (Å²) in [4.78, 5) is 30.3. The molecule has 2 aromatic heterocycles. The molecule has 0 radical (unpaired) electrons. The number of carboxylic acid groups (broad SMARTS) is 1. The molecule has 0 spiro atoms. The molecule has 164 valence electrons. The van der Waals surface area contributed by atoms with Crippen LogP contribution in [0.3, 0.4) is 0 Å². The first kappa shape index (κ1) is 25.8. The Labute approximate surface area is 193 Å². The van der Waals surface area contributed by atoms with Crippen LogP contribution in [0.25, 0.3) is 21.9 Å². The molecule has 1 amide bonds. The molecule has 0 saturated heterocycles. The lowest BCUT2D eigenvalue weighted by atomic mass is 10.1. The van der Waals surface area contributed by atoms with E-state index in [0.29, 0.717) is 5.52 Å². The topological polar surface area (TPSA) is 123 Å². The Morgan fingerprint density at radius 1 is 1.17 bits per heavy atom. The zero-order valence-corrected chi connectivity index (χ0v) is 20.0. The van der Waals surface area contributed by atoms with Gasteiger partial charge in [0.25, 0.3) is 5.91 Å². The molecule has 30 heavy (non-hydrogen) atoms. The number of unbranched alkanes of at least 4 members (excludes halogenated alkanes) is 3. The van der Waals surface area contributed by atoms with Crippen molar-refractivity contribution in [2.45, 2.75) is 46.1 Å². The molecule has 0 aliphatic heterocycles. The van der Waals surface area contributed by atoms with Crippen LogP contribution >= 0.6 is 24.0 Å². The van der Waals surface area contributed by atoms with Gasteiger partial charge in [0.15, 0.2) is 5.69 Å². The number of carbonyl (C=O) groups excluding carboxylic acids is 1. The summed E-state index contributed by atoms with van der Waals surface area (Å²) >= 11 is 0. The van der Waals surface area contributed by atoms with Crippen LogP contribution in [0.2, 0.25) is 0 Å². The fourth-order valence-corrected chi connectivity index (χ4v) is 3.24. The zero-order chi connectivity index (χ0) is 21.4. The predicted octanol–water partition coefficient (Wildman–Crippen LogP) is 3.48. The second-order valence-corrected chi connectivity index (χ2v) is 6.83. The molecule has 8 nitrogen and oxygen atoms in total. The minimum atomic E-state index is -0.822. The van der Waals surface area contributed by atoms with Gasteiger partial charge in [-0.15, -0.1) is 24.0 Å². The smallest absolute Gasteiger partial charge is 0.317 e. The van der Waals surface area contributed by atoms with Crippen LogP contribution in [0.5, 0.6) is 0 Å². The third-order valence-electron chi connectivity index (χ3n) is 4.57. The maximum absolute atomic E-state index is 11.8. The third-order valence-corrected chi connectivity index (χ3v) is 4.57. The largest absolute Gasteiger partial charge is 0.480 e. The van der Waals surface area contributed by atoms with Gasteiger partial charge in [-0.3, -0.25) is 9.59 Å². The normalized spacial score (nSPS) is 10.4. The van der Waals surface area contributed by atoms with Crippen LogP contribution in [0, 0.1) is 6.92 Å². The molecule has 0 fully saturated rings. The van der Waals surface area contributed by atoms with Crippen molar-refractivity contribution in [2.75, 3.05) is 13.6 Å². The molecule has 3 aromatic rings. The van der Waals surface area contributed by atoms with Gasteiger partial charge in [0, 0.05) is 11.9 Å². The number of imidazole rings is 1. The Bertz CT molecular complexity index is 1000. The number of nitrogens with two attached hydrogens (primary N) is 1. The van der Waals surface area contributed by atoms with Gasteiger partial charge in [0.05, 0.1) is 17.6 Å². The molecule has 0 bridgehead atoms. The maximum Gasteiger partial charge on any atom is 0.317 e. The summed E-state index contributed by atoms with van der Waals surface area (Å²) in [5.41, 5.74) is 8.14. The summed E-state index contributed by atoms with van der Waals surface area (Å²) in [7, 11) is 1.59. The third kappa shape index (κ3) is 6.36. The number of likely N-dealkylation sites (N-methyl/N-ethyl adjacent to an activating group) is 1. The van der Waals surface area contributed by atoms with E-state index in [2.05, 4.69) is 26.8 Å². The number of rotatable bonds is 8. The van der Waals surface area contributed by atoms with Gasteiger partial charge < -0.3 is 20.7 Å². The highest BCUT2D eigenvalue weighted by atomic mass is 127. The van der Waals surface area contributed by atoms with Crippen molar-refractivity contribution < 1.29 is 14.7 Å². The molecule has 9 heteroatoms. The van der Waals surface area contributed by atoms with E-state index in [1.165, 1.54) is 19.3 Å².